The van der Waals surface area contributed by atoms with Gasteiger partial charge in [0.1, 0.15) is 0 Å². The lowest BCUT2D eigenvalue weighted by Gasteiger charge is -2.40. The minimum Gasteiger partial charge on any atom is -0.394 e. The maximum absolute atomic E-state index is 10.4. The van der Waals surface area contributed by atoms with Crippen LogP contribution in [0.2, 0.25) is 0 Å². The number of nitrogens with zero attached hydrogens (tertiary/aromatic N) is 1. The molecule has 2 aromatic carbocycles. The maximum Gasteiger partial charge on any atom is 0.0884 e. The van der Waals surface area contributed by atoms with Gasteiger partial charge in [0.25, 0.3) is 0 Å². The van der Waals surface area contributed by atoms with E-state index >= 15 is 0 Å². The maximum atomic E-state index is 10.4. The van der Waals surface area contributed by atoms with Crippen LogP contribution in [0.3, 0.4) is 0 Å². The topological polar surface area (TPSA) is 23.5 Å². The van der Waals surface area contributed by atoms with Gasteiger partial charge >= 0.3 is 0 Å². The highest BCUT2D eigenvalue weighted by molar-refractivity contribution is 5.56. The summed E-state index contributed by atoms with van der Waals surface area (Å²) in [7, 11) is 0. The highest BCUT2D eigenvalue weighted by Gasteiger charge is 2.42. The van der Waals surface area contributed by atoms with Crippen LogP contribution in [0.15, 0.2) is 36.4 Å². The molecule has 2 nitrogen and oxygen atoms in total. The molecule has 1 heterocycles. The van der Waals surface area contributed by atoms with E-state index < -0.39 is 0 Å². The van der Waals surface area contributed by atoms with Crippen LogP contribution in [-0.2, 0) is 5.54 Å². The fourth-order valence-corrected chi connectivity index (χ4v) is 4.16. The van der Waals surface area contributed by atoms with Crippen LogP contribution in [0.5, 0.6) is 0 Å². The van der Waals surface area contributed by atoms with Crippen molar-refractivity contribution in [1.29, 1.82) is 0 Å². The van der Waals surface area contributed by atoms with Crippen molar-refractivity contribution >= 4 is 5.69 Å². The molecule has 0 aliphatic carbocycles. The number of aryl methyl sites for hydroxylation is 4. The Morgan fingerprint density at radius 2 is 1.39 bits per heavy atom. The summed E-state index contributed by atoms with van der Waals surface area (Å²) < 4.78 is 0. The molecule has 1 aliphatic rings. The lowest BCUT2D eigenvalue weighted by atomic mass is 9.85. The average Bonchev–Trinajstić information content (AvgIpc) is 2.90. The zero-order valence-corrected chi connectivity index (χ0v) is 14.7. The number of anilines is 1. The van der Waals surface area contributed by atoms with Crippen LogP contribution in [0.1, 0.15) is 40.7 Å². The van der Waals surface area contributed by atoms with Gasteiger partial charge in [0, 0.05) is 12.2 Å². The largest absolute Gasteiger partial charge is 0.394 e. The van der Waals surface area contributed by atoms with Gasteiger partial charge < -0.3 is 10.0 Å². The summed E-state index contributed by atoms with van der Waals surface area (Å²) in [6.45, 7) is 9.71. The summed E-state index contributed by atoms with van der Waals surface area (Å²) in [5.74, 6) is 0. The molecule has 3 rings (SSSR count). The van der Waals surface area contributed by atoms with E-state index in [2.05, 4.69) is 69.0 Å². The first kappa shape index (κ1) is 16.1. The van der Waals surface area contributed by atoms with E-state index in [1.165, 1.54) is 33.5 Å². The van der Waals surface area contributed by atoms with Crippen molar-refractivity contribution in [2.45, 2.75) is 46.1 Å². The highest BCUT2D eigenvalue weighted by atomic mass is 16.3. The first-order chi connectivity index (χ1) is 10.9. The van der Waals surface area contributed by atoms with Crippen molar-refractivity contribution in [3.63, 3.8) is 0 Å². The number of hydrogen-bond acceptors (Lipinski definition) is 2. The van der Waals surface area contributed by atoms with Crippen LogP contribution in [-0.4, -0.2) is 18.3 Å². The van der Waals surface area contributed by atoms with Crippen molar-refractivity contribution in [3.8, 4) is 0 Å². The van der Waals surface area contributed by atoms with Crippen LogP contribution in [0.4, 0.5) is 5.69 Å². The minimum absolute atomic E-state index is 0.156. The Morgan fingerprint density at radius 3 is 1.91 bits per heavy atom. The van der Waals surface area contributed by atoms with Crippen LogP contribution < -0.4 is 4.90 Å². The smallest absolute Gasteiger partial charge is 0.0884 e. The first-order valence-electron chi connectivity index (χ1n) is 8.50. The SMILES string of the molecule is Cc1cc(C)cc(N2CCC[C@]2(CO)c2cc(C)cc(C)c2)c1. The number of hydrogen-bond donors (Lipinski definition) is 1. The predicted octanol–water partition coefficient (Wildman–Crippen LogP) is 4.41. The lowest BCUT2D eigenvalue weighted by Crippen LogP contribution is -2.44. The van der Waals surface area contributed by atoms with E-state index in [4.69, 9.17) is 0 Å². The highest BCUT2D eigenvalue weighted by Crippen LogP contribution is 2.42. The normalized spacial score (nSPS) is 21.0. The standard InChI is InChI=1S/C21H27NO/c1-15-8-16(2)11-19(10-15)21(14-23)6-5-7-22(21)20-12-17(3)9-18(4)13-20/h8-13,23H,5-7,14H2,1-4H3/t21-/m0/s1. The molecule has 1 N–H and O–H groups in total. The molecule has 122 valence electrons. The minimum atomic E-state index is -0.295. The molecular weight excluding hydrogens is 282 g/mol. The Bertz CT molecular complexity index is 681. The van der Waals surface area contributed by atoms with E-state index in [0.29, 0.717) is 0 Å². The summed E-state index contributed by atoms with van der Waals surface area (Å²) in [5.41, 5.74) is 7.26. The van der Waals surface area contributed by atoms with Gasteiger partial charge in [0.15, 0.2) is 0 Å². The summed E-state index contributed by atoms with van der Waals surface area (Å²) in [6, 6.07) is 13.4. The Morgan fingerprint density at radius 1 is 0.870 bits per heavy atom. The Balaban J connectivity index is 2.12. The molecule has 0 spiro atoms. The van der Waals surface area contributed by atoms with Gasteiger partial charge in [-0.05, 0) is 69.4 Å². The molecule has 0 amide bonds. The number of aliphatic hydroxyl groups is 1. The van der Waals surface area contributed by atoms with Gasteiger partial charge in [-0.1, -0.05) is 35.4 Å². The number of rotatable bonds is 3. The first-order valence-corrected chi connectivity index (χ1v) is 8.50. The molecule has 0 unspecified atom stereocenters. The fourth-order valence-electron chi connectivity index (χ4n) is 4.16. The van der Waals surface area contributed by atoms with E-state index in [9.17, 15) is 5.11 Å². The molecule has 2 heteroatoms. The van der Waals surface area contributed by atoms with E-state index in [1.807, 2.05) is 0 Å². The average molecular weight is 309 g/mol. The molecule has 0 bridgehead atoms. The second-order valence-corrected chi connectivity index (χ2v) is 7.17. The van der Waals surface area contributed by atoms with E-state index in [-0.39, 0.29) is 12.1 Å². The van der Waals surface area contributed by atoms with Gasteiger partial charge in [0.05, 0.1) is 12.1 Å². The Hall–Kier alpha value is -1.80. The third kappa shape index (κ3) is 2.88. The third-order valence-electron chi connectivity index (χ3n) is 5.03. The summed E-state index contributed by atoms with van der Waals surface area (Å²) in [4.78, 5) is 2.42. The van der Waals surface area contributed by atoms with Gasteiger partial charge in [0.2, 0.25) is 0 Å². The van der Waals surface area contributed by atoms with Crippen molar-refractivity contribution in [2.75, 3.05) is 18.1 Å². The van der Waals surface area contributed by atoms with Gasteiger partial charge in [-0.25, -0.2) is 0 Å². The predicted molar refractivity (Wildman–Crippen MR) is 97.2 cm³/mol. The van der Waals surface area contributed by atoms with Crippen molar-refractivity contribution in [2.24, 2.45) is 0 Å². The van der Waals surface area contributed by atoms with Crippen molar-refractivity contribution < 1.29 is 5.11 Å². The zero-order chi connectivity index (χ0) is 16.6. The molecule has 0 radical (unpaired) electrons. The molecule has 0 aromatic heterocycles. The summed E-state index contributed by atoms with van der Waals surface area (Å²) >= 11 is 0. The molecule has 1 atom stereocenters. The second kappa shape index (κ2) is 6.01. The quantitative estimate of drug-likeness (QED) is 0.908. The molecular formula is C21H27NO. The monoisotopic (exact) mass is 309 g/mol. The third-order valence-corrected chi connectivity index (χ3v) is 5.03. The van der Waals surface area contributed by atoms with Crippen LogP contribution in [0, 0.1) is 27.7 Å². The Labute approximate surface area is 139 Å². The molecule has 0 saturated carbocycles. The fraction of sp³-hybridized carbons (Fsp3) is 0.429. The molecule has 1 saturated heterocycles. The van der Waals surface area contributed by atoms with Gasteiger partial charge in [-0.2, -0.15) is 0 Å². The molecule has 23 heavy (non-hydrogen) atoms. The van der Waals surface area contributed by atoms with Crippen molar-refractivity contribution in [1.82, 2.24) is 0 Å². The summed E-state index contributed by atoms with van der Waals surface area (Å²) in [5, 5.41) is 10.4. The molecule has 1 fully saturated rings. The number of benzene rings is 2. The second-order valence-electron chi connectivity index (χ2n) is 7.17. The van der Waals surface area contributed by atoms with Gasteiger partial charge in [-0.3, -0.25) is 0 Å². The number of aliphatic hydroxyl groups excluding tert-OH is 1. The van der Waals surface area contributed by atoms with Crippen molar-refractivity contribution in [3.05, 3.63) is 64.2 Å². The van der Waals surface area contributed by atoms with Crippen LogP contribution in [0.25, 0.3) is 0 Å². The molecule has 1 aliphatic heterocycles. The Kier molecular flexibility index (Phi) is 4.20. The summed E-state index contributed by atoms with van der Waals surface area (Å²) in [6.07, 6.45) is 2.11. The zero-order valence-electron chi connectivity index (χ0n) is 14.7. The van der Waals surface area contributed by atoms with Crippen LogP contribution >= 0.6 is 0 Å². The van der Waals surface area contributed by atoms with E-state index in [1.54, 1.807) is 0 Å². The molecule has 2 aromatic rings. The van der Waals surface area contributed by atoms with Gasteiger partial charge in [-0.15, -0.1) is 0 Å². The lowest BCUT2D eigenvalue weighted by molar-refractivity contribution is 0.197. The van der Waals surface area contributed by atoms with E-state index in [0.717, 1.165) is 19.4 Å².